The molecule has 1 aromatic carbocycles. The number of rotatable bonds is 5. The van der Waals surface area contributed by atoms with Crippen molar-refractivity contribution in [1.29, 1.82) is 0 Å². The van der Waals surface area contributed by atoms with Crippen LogP contribution in [-0.2, 0) is 10.0 Å². The number of nitrogens with zero attached hydrogens (tertiary/aromatic N) is 5. The van der Waals surface area contributed by atoms with Crippen molar-refractivity contribution in [2.45, 2.75) is 11.8 Å². The van der Waals surface area contributed by atoms with E-state index in [0.29, 0.717) is 5.69 Å². The van der Waals surface area contributed by atoms with E-state index in [4.69, 9.17) is 10.3 Å². The molecule has 1 heterocycles. The van der Waals surface area contributed by atoms with Crippen LogP contribution in [0, 0.1) is 6.92 Å². The van der Waals surface area contributed by atoms with E-state index in [1.54, 1.807) is 13.0 Å². The van der Waals surface area contributed by atoms with E-state index in [9.17, 15) is 13.2 Å². The smallest absolute Gasteiger partial charge is 0.335 e. The Labute approximate surface area is 142 Å². The number of methoxy groups -OCH3 is 1. The average Bonchev–Trinajstić information content (AvgIpc) is 2.54. The minimum atomic E-state index is -4.12. The molecule has 0 aliphatic heterocycles. The second-order valence-corrected chi connectivity index (χ2v) is 6.30. The summed E-state index contributed by atoms with van der Waals surface area (Å²) in [5, 5.41) is 5.55. The molecule has 0 radical (unpaired) electrons. The van der Waals surface area contributed by atoms with Gasteiger partial charge in [0, 0.05) is 22.4 Å². The highest BCUT2D eigenvalue weighted by Gasteiger charge is 2.18. The van der Waals surface area contributed by atoms with Gasteiger partial charge in [0.05, 0.1) is 12.0 Å². The number of carbonyl (C=O) groups is 1. The summed E-state index contributed by atoms with van der Waals surface area (Å²) in [6.45, 7) is 1.66. The number of anilines is 1. The SMILES string of the molecule is COc1cc(C)nc(NC(=O)NS(=O)(=O)c2ccc(N=[N+]=[N-])cc2)n1. The topological polar surface area (TPSA) is 159 Å². The van der Waals surface area contributed by atoms with Crippen LogP contribution >= 0.6 is 0 Å². The number of aromatic nitrogens is 2. The first kappa shape index (κ1) is 18.0. The van der Waals surface area contributed by atoms with Crippen molar-refractivity contribution < 1.29 is 17.9 Å². The van der Waals surface area contributed by atoms with Crippen LogP contribution in [0.15, 0.2) is 40.3 Å². The number of urea groups is 1. The second kappa shape index (κ2) is 7.47. The Morgan fingerprint density at radius 2 is 1.96 bits per heavy atom. The maximum absolute atomic E-state index is 12.2. The van der Waals surface area contributed by atoms with Crippen molar-refractivity contribution >= 4 is 27.7 Å². The summed E-state index contributed by atoms with van der Waals surface area (Å²) < 4.78 is 31.1. The highest BCUT2D eigenvalue weighted by atomic mass is 32.2. The Kier molecular flexibility index (Phi) is 5.37. The average molecular weight is 363 g/mol. The fraction of sp³-hybridized carbons (Fsp3) is 0.154. The van der Waals surface area contributed by atoms with Gasteiger partial charge in [-0.2, -0.15) is 4.98 Å². The number of hydrogen-bond donors (Lipinski definition) is 2. The summed E-state index contributed by atoms with van der Waals surface area (Å²) >= 11 is 0. The van der Waals surface area contributed by atoms with Gasteiger partial charge in [-0.1, -0.05) is 17.2 Å². The highest BCUT2D eigenvalue weighted by Crippen LogP contribution is 2.17. The Morgan fingerprint density at radius 1 is 1.28 bits per heavy atom. The first-order valence-corrected chi connectivity index (χ1v) is 8.21. The van der Waals surface area contributed by atoms with Crippen LogP contribution in [0.3, 0.4) is 0 Å². The molecule has 2 N–H and O–H groups in total. The van der Waals surface area contributed by atoms with Gasteiger partial charge in [-0.25, -0.2) is 22.9 Å². The molecule has 0 saturated heterocycles. The van der Waals surface area contributed by atoms with Crippen molar-refractivity contribution in [3.63, 3.8) is 0 Å². The first-order valence-electron chi connectivity index (χ1n) is 6.72. The lowest BCUT2D eigenvalue weighted by Gasteiger charge is -2.09. The van der Waals surface area contributed by atoms with Crippen LogP contribution in [0.4, 0.5) is 16.4 Å². The first-order chi connectivity index (χ1) is 11.8. The van der Waals surface area contributed by atoms with E-state index in [2.05, 4.69) is 25.3 Å². The number of nitrogens with one attached hydrogen (secondary N) is 2. The zero-order valence-corrected chi connectivity index (χ0v) is 14.0. The number of amides is 2. The quantitative estimate of drug-likeness (QED) is 0.470. The standard InChI is InChI=1S/C13H13N7O4S/c1-8-7-11(24-2)16-12(15-8)17-13(21)19-25(22,23)10-5-3-9(4-6-10)18-20-14/h3-7H,1-2H3,(H2,15,16,17,19,21). The summed E-state index contributed by atoms with van der Waals surface area (Å²) in [7, 11) is -2.72. The predicted molar refractivity (Wildman–Crippen MR) is 87.9 cm³/mol. The molecule has 25 heavy (non-hydrogen) atoms. The molecule has 12 heteroatoms. The highest BCUT2D eigenvalue weighted by molar-refractivity contribution is 7.90. The third kappa shape index (κ3) is 4.80. The van der Waals surface area contributed by atoms with Gasteiger partial charge in [0.1, 0.15) is 0 Å². The maximum Gasteiger partial charge on any atom is 0.335 e. The van der Waals surface area contributed by atoms with Crippen LogP contribution in [-0.4, -0.2) is 31.5 Å². The fourth-order valence-electron chi connectivity index (χ4n) is 1.75. The van der Waals surface area contributed by atoms with E-state index in [1.165, 1.54) is 31.4 Å². The molecule has 11 nitrogen and oxygen atoms in total. The zero-order valence-electron chi connectivity index (χ0n) is 13.2. The minimum Gasteiger partial charge on any atom is -0.481 e. The molecule has 1 aromatic heterocycles. The van der Waals surface area contributed by atoms with Crippen LogP contribution < -0.4 is 14.8 Å². The van der Waals surface area contributed by atoms with Crippen LogP contribution in [0.5, 0.6) is 5.88 Å². The van der Waals surface area contributed by atoms with Crippen molar-refractivity contribution in [2.24, 2.45) is 5.11 Å². The zero-order chi connectivity index (χ0) is 18.4. The van der Waals surface area contributed by atoms with E-state index >= 15 is 0 Å². The molecular weight excluding hydrogens is 350 g/mol. The fourth-order valence-corrected chi connectivity index (χ4v) is 2.66. The summed E-state index contributed by atoms with van der Waals surface area (Å²) in [4.78, 5) is 22.1. The lowest BCUT2D eigenvalue weighted by Crippen LogP contribution is -2.34. The molecule has 0 atom stereocenters. The van der Waals surface area contributed by atoms with Crippen molar-refractivity contribution in [2.75, 3.05) is 12.4 Å². The lowest BCUT2D eigenvalue weighted by molar-refractivity contribution is 0.256. The molecule has 2 rings (SSSR count). The molecule has 0 bridgehead atoms. The van der Waals surface area contributed by atoms with Gasteiger partial charge in [0.25, 0.3) is 10.0 Å². The molecule has 0 unspecified atom stereocenters. The molecule has 130 valence electrons. The van der Waals surface area contributed by atoms with Gasteiger partial charge >= 0.3 is 6.03 Å². The number of carbonyl (C=O) groups excluding carboxylic acids is 1. The largest absolute Gasteiger partial charge is 0.481 e. The maximum atomic E-state index is 12.2. The molecule has 0 spiro atoms. The summed E-state index contributed by atoms with van der Waals surface area (Å²) in [5.74, 6) is 0.113. The van der Waals surface area contributed by atoms with E-state index < -0.39 is 16.1 Å². The Morgan fingerprint density at radius 3 is 2.56 bits per heavy atom. The molecule has 0 fully saturated rings. The molecule has 0 aliphatic carbocycles. The van der Waals surface area contributed by atoms with Crippen LogP contribution in [0.2, 0.25) is 0 Å². The number of aryl methyl sites for hydroxylation is 1. The van der Waals surface area contributed by atoms with Gasteiger partial charge in [0.2, 0.25) is 11.8 Å². The number of hydrogen-bond acceptors (Lipinski definition) is 7. The predicted octanol–water partition coefficient (Wildman–Crippen LogP) is 2.25. The van der Waals surface area contributed by atoms with Crippen molar-refractivity contribution in [3.8, 4) is 5.88 Å². The third-order valence-electron chi connectivity index (χ3n) is 2.80. The van der Waals surface area contributed by atoms with E-state index in [-0.39, 0.29) is 22.4 Å². The second-order valence-electron chi connectivity index (χ2n) is 4.62. The van der Waals surface area contributed by atoms with Crippen molar-refractivity contribution in [1.82, 2.24) is 14.7 Å². The minimum absolute atomic E-state index is 0.108. The molecule has 0 aliphatic rings. The number of sulfonamides is 1. The van der Waals surface area contributed by atoms with E-state index in [0.717, 1.165) is 0 Å². The normalized spacial score (nSPS) is 10.5. The Bertz CT molecular complexity index is 937. The molecular formula is C13H13N7O4S. The Hall–Kier alpha value is -3.37. The van der Waals surface area contributed by atoms with Crippen LogP contribution in [0.1, 0.15) is 5.69 Å². The number of ether oxygens (including phenoxy) is 1. The molecule has 0 saturated carbocycles. The van der Waals surface area contributed by atoms with Gasteiger partial charge in [-0.3, -0.25) is 5.32 Å². The lowest BCUT2D eigenvalue weighted by atomic mass is 10.3. The van der Waals surface area contributed by atoms with E-state index in [1.807, 2.05) is 4.72 Å². The molecule has 2 amide bonds. The third-order valence-corrected chi connectivity index (χ3v) is 4.15. The Balaban J connectivity index is 2.13. The monoisotopic (exact) mass is 363 g/mol. The molecule has 2 aromatic rings. The number of azide groups is 1. The van der Waals surface area contributed by atoms with Gasteiger partial charge in [-0.15, -0.1) is 0 Å². The summed E-state index contributed by atoms with van der Waals surface area (Å²) in [6, 6.07) is 5.52. The van der Waals surface area contributed by atoms with Gasteiger partial charge < -0.3 is 4.74 Å². The summed E-state index contributed by atoms with van der Waals surface area (Å²) in [5.41, 5.74) is 9.09. The van der Waals surface area contributed by atoms with Gasteiger partial charge in [0.15, 0.2) is 0 Å². The van der Waals surface area contributed by atoms with Gasteiger partial charge in [-0.05, 0) is 24.6 Å². The number of benzene rings is 1. The summed E-state index contributed by atoms with van der Waals surface area (Å²) in [6.07, 6.45) is 0. The van der Waals surface area contributed by atoms with Crippen LogP contribution in [0.25, 0.3) is 10.4 Å². The van der Waals surface area contributed by atoms with Crippen molar-refractivity contribution in [3.05, 3.63) is 46.5 Å².